The normalized spacial score (nSPS) is 34.8. The summed E-state index contributed by atoms with van der Waals surface area (Å²) in [5, 5.41) is 12.4. The summed E-state index contributed by atoms with van der Waals surface area (Å²) in [6.07, 6.45) is 7.44. The minimum absolute atomic E-state index is 0.0258. The molecule has 2 aliphatic heterocycles. The van der Waals surface area contributed by atoms with Crippen LogP contribution < -0.4 is 0 Å². The molecule has 0 bridgehead atoms. The molecule has 2 saturated carbocycles. The third kappa shape index (κ3) is 3.85. The number of nitrogens with zero attached hydrogens (tertiary/aromatic N) is 1. The maximum absolute atomic E-state index is 13.3. The Kier molecular flexibility index (Phi) is 6.08. The third-order valence-electron chi connectivity index (χ3n) is 10.0. The molecule has 0 radical (unpaired) electrons. The maximum Gasteiger partial charge on any atom is 0.310 e. The molecule has 2 heterocycles. The zero-order valence-corrected chi connectivity index (χ0v) is 21.4. The molecule has 4 nitrogen and oxygen atoms in total. The van der Waals surface area contributed by atoms with Gasteiger partial charge in [0.25, 0.3) is 0 Å². The van der Waals surface area contributed by atoms with E-state index in [0.29, 0.717) is 12.5 Å². The summed E-state index contributed by atoms with van der Waals surface area (Å²) in [7, 11) is 0. The van der Waals surface area contributed by atoms with Gasteiger partial charge in [0.1, 0.15) is 11.7 Å². The second-order valence-electron chi connectivity index (χ2n) is 12.1. The van der Waals surface area contributed by atoms with Crippen molar-refractivity contribution < 1.29 is 14.6 Å². The Hall–Kier alpha value is -2.43. The van der Waals surface area contributed by atoms with Crippen LogP contribution in [0.5, 0.6) is 0 Å². The van der Waals surface area contributed by atoms with Gasteiger partial charge in [-0.25, -0.2) is 0 Å². The van der Waals surface area contributed by atoms with Crippen molar-refractivity contribution in [2.24, 2.45) is 23.2 Å². The van der Waals surface area contributed by atoms with Gasteiger partial charge in [0.15, 0.2) is 0 Å². The predicted octanol–water partition coefficient (Wildman–Crippen LogP) is 5.70. The zero-order chi connectivity index (χ0) is 24.9. The largest absolute Gasteiger partial charge is 0.462 e. The molecule has 0 unspecified atom stereocenters. The van der Waals surface area contributed by atoms with E-state index < -0.39 is 5.60 Å². The molecule has 6 atom stereocenters. The Balaban J connectivity index is 1.29. The van der Waals surface area contributed by atoms with Crippen molar-refractivity contribution in [3.63, 3.8) is 0 Å². The zero-order valence-electron chi connectivity index (χ0n) is 21.4. The van der Waals surface area contributed by atoms with E-state index in [0.717, 1.165) is 49.8 Å². The van der Waals surface area contributed by atoms with Crippen molar-refractivity contribution in [3.05, 3.63) is 83.9 Å². The van der Waals surface area contributed by atoms with Crippen molar-refractivity contribution in [1.29, 1.82) is 0 Å². The molecular formula is C32H39NO3. The van der Waals surface area contributed by atoms with Crippen LogP contribution in [0.25, 0.3) is 0 Å². The van der Waals surface area contributed by atoms with E-state index in [-0.39, 0.29) is 35.4 Å². The lowest BCUT2D eigenvalue weighted by Gasteiger charge is -2.50. The van der Waals surface area contributed by atoms with Crippen molar-refractivity contribution in [1.82, 2.24) is 4.90 Å². The molecule has 4 aliphatic rings. The molecule has 4 fully saturated rings. The molecule has 2 saturated heterocycles. The van der Waals surface area contributed by atoms with E-state index in [9.17, 15) is 9.90 Å². The summed E-state index contributed by atoms with van der Waals surface area (Å²) >= 11 is 0. The standard InChI is InChI=1S/C32H39NO3/c1-22-11-9-17-31(2)20-28-25(19-27(22)31)26(30(34)36-28)21-33-18-10-16-29(33)32(35,23-12-5-3-6-13-23)24-14-7-4-8-15-24/h3-8,12-15,25-29,35H,1,9-11,16-21H2,2H3/t25-,26-,27+,28+,29+,31+/m0/s1. The Morgan fingerprint density at radius 3 is 2.42 bits per heavy atom. The third-order valence-corrected chi connectivity index (χ3v) is 10.0. The van der Waals surface area contributed by atoms with Crippen LogP contribution in [0.3, 0.4) is 0 Å². The fraction of sp³-hybridized carbons (Fsp3) is 0.531. The number of hydrogen-bond donors (Lipinski definition) is 1. The first-order chi connectivity index (χ1) is 17.4. The smallest absolute Gasteiger partial charge is 0.310 e. The molecule has 2 aromatic rings. The van der Waals surface area contributed by atoms with E-state index in [2.05, 4.69) is 18.4 Å². The number of fused-ring (bicyclic) bond motifs is 2. The molecule has 6 rings (SSSR count). The fourth-order valence-electron chi connectivity index (χ4n) is 8.17. The minimum Gasteiger partial charge on any atom is -0.462 e. The van der Waals surface area contributed by atoms with E-state index in [1.165, 1.54) is 18.4 Å². The maximum atomic E-state index is 13.3. The lowest BCUT2D eigenvalue weighted by Crippen LogP contribution is -2.51. The highest BCUT2D eigenvalue weighted by atomic mass is 16.6. The fourth-order valence-corrected chi connectivity index (χ4v) is 8.17. The molecule has 190 valence electrons. The molecule has 0 spiro atoms. The predicted molar refractivity (Wildman–Crippen MR) is 141 cm³/mol. The van der Waals surface area contributed by atoms with Crippen LogP contribution in [0, 0.1) is 23.2 Å². The first kappa shape index (κ1) is 23.9. The number of carbonyl (C=O) groups is 1. The van der Waals surface area contributed by atoms with Crippen molar-refractivity contribution in [2.75, 3.05) is 13.1 Å². The number of aliphatic hydroxyl groups is 1. The molecule has 4 heteroatoms. The van der Waals surface area contributed by atoms with Crippen LogP contribution in [0.4, 0.5) is 0 Å². The quantitative estimate of drug-likeness (QED) is 0.436. The second-order valence-corrected chi connectivity index (χ2v) is 12.1. The number of likely N-dealkylation sites (tertiary alicyclic amines) is 1. The van der Waals surface area contributed by atoms with Gasteiger partial charge in [-0.2, -0.15) is 0 Å². The van der Waals surface area contributed by atoms with Gasteiger partial charge in [0.05, 0.1) is 5.92 Å². The lowest BCUT2D eigenvalue weighted by atomic mass is 9.55. The number of benzene rings is 2. The summed E-state index contributed by atoms with van der Waals surface area (Å²) in [4.78, 5) is 15.7. The van der Waals surface area contributed by atoms with Crippen LogP contribution in [0.1, 0.15) is 63.0 Å². The van der Waals surface area contributed by atoms with Gasteiger partial charge in [-0.15, -0.1) is 0 Å². The highest BCUT2D eigenvalue weighted by Crippen LogP contribution is 2.57. The highest BCUT2D eigenvalue weighted by molar-refractivity contribution is 5.75. The number of hydrogen-bond acceptors (Lipinski definition) is 4. The van der Waals surface area contributed by atoms with Gasteiger partial charge >= 0.3 is 5.97 Å². The van der Waals surface area contributed by atoms with Gasteiger partial charge in [-0.1, -0.05) is 79.7 Å². The molecule has 0 amide bonds. The van der Waals surface area contributed by atoms with Crippen molar-refractivity contribution in [2.45, 2.75) is 69.6 Å². The first-order valence-electron chi connectivity index (χ1n) is 13.9. The van der Waals surface area contributed by atoms with E-state index in [4.69, 9.17) is 4.74 Å². The number of rotatable bonds is 5. The monoisotopic (exact) mass is 485 g/mol. The van der Waals surface area contributed by atoms with Crippen LogP contribution in [-0.2, 0) is 15.1 Å². The van der Waals surface area contributed by atoms with Gasteiger partial charge in [0, 0.05) is 18.5 Å². The van der Waals surface area contributed by atoms with Crippen LogP contribution >= 0.6 is 0 Å². The molecular weight excluding hydrogens is 446 g/mol. The molecule has 1 N–H and O–H groups in total. The summed E-state index contributed by atoms with van der Waals surface area (Å²) in [6, 6.07) is 20.0. The second kappa shape index (κ2) is 9.15. The average molecular weight is 486 g/mol. The Morgan fingerprint density at radius 2 is 1.75 bits per heavy atom. The van der Waals surface area contributed by atoms with Crippen LogP contribution in [0.2, 0.25) is 0 Å². The lowest BCUT2D eigenvalue weighted by molar-refractivity contribution is -0.146. The number of esters is 1. The van der Waals surface area contributed by atoms with E-state index >= 15 is 0 Å². The average Bonchev–Trinajstić information content (AvgIpc) is 3.47. The van der Waals surface area contributed by atoms with Gasteiger partial charge in [0.2, 0.25) is 0 Å². The Labute approximate surface area is 215 Å². The Bertz CT molecular complexity index is 1080. The summed E-state index contributed by atoms with van der Waals surface area (Å²) in [5.41, 5.74) is 2.27. The van der Waals surface area contributed by atoms with Crippen LogP contribution in [-0.4, -0.2) is 41.2 Å². The Morgan fingerprint density at radius 1 is 1.08 bits per heavy atom. The molecule has 0 aromatic heterocycles. The van der Waals surface area contributed by atoms with Crippen molar-refractivity contribution >= 4 is 5.97 Å². The van der Waals surface area contributed by atoms with E-state index in [1.54, 1.807) is 0 Å². The summed E-state index contributed by atoms with van der Waals surface area (Å²) in [5.74, 6) is 0.565. The molecule has 36 heavy (non-hydrogen) atoms. The van der Waals surface area contributed by atoms with E-state index in [1.807, 2.05) is 60.7 Å². The topological polar surface area (TPSA) is 49.8 Å². The highest BCUT2D eigenvalue weighted by Gasteiger charge is 2.56. The van der Waals surface area contributed by atoms with Gasteiger partial charge < -0.3 is 9.84 Å². The summed E-state index contributed by atoms with van der Waals surface area (Å²) in [6.45, 7) is 8.38. The summed E-state index contributed by atoms with van der Waals surface area (Å²) < 4.78 is 6.07. The number of ether oxygens (including phenoxy) is 1. The van der Waals surface area contributed by atoms with Gasteiger partial charge in [-0.3, -0.25) is 9.69 Å². The molecule has 2 aliphatic carbocycles. The SMILES string of the molecule is C=C1CCC[C@]2(C)C[C@H]3OC(=O)[C@@H](CN4CCC[C@@H]4C(O)(c4ccccc4)c4ccccc4)[C@@H]3C[C@H]12. The van der Waals surface area contributed by atoms with Crippen molar-refractivity contribution in [3.8, 4) is 0 Å². The number of carbonyl (C=O) groups excluding carboxylic acids is 1. The molecule has 2 aromatic carbocycles. The number of allylic oxidation sites excluding steroid dienone is 1. The first-order valence-corrected chi connectivity index (χ1v) is 13.9. The van der Waals surface area contributed by atoms with Gasteiger partial charge in [-0.05, 0) is 74.0 Å². The minimum atomic E-state index is -1.14. The van der Waals surface area contributed by atoms with Crippen LogP contribution in [0.15, 0.2) is 72.8 Å².